The number of benzene rings is 1. The van der Waals surface area contributed by atoms with E-state index >= 15 is 0 Å². The molecule has 0 aliphatic carbocycles. The zero-order chi connectivity index (χ0) is 13.0. The Morgan fingerprint density at radius 2 is 2.33 bits per heavy atom. The van der Waals surface area contributed by atoms with Crippen molar-refractivity contribution in [2.24, 2.45) is 0 Å². The molecule has 96 valence electrons. The first kappa shape index (κ1) is 12.5. The van der Waals surface area contributed by atoms with Crippen LogP contribution in [-0.4, -0.2) is 28.8 Å². The number of ether oxygens (including phenoxy) is 1. The highest BCUT2D eigenvalue weighted by Crippen LogP contribution is 2.24. The number of nitrogens with zero attached hydrogens (tertiary/aromatic N) is 2. The molecule has 0 radical (unpaired) electrons. The molecule has 1 aromatic heterocycles. The minimum absolute atomic E-state index is 0.336. The molecule has 0 saturated heterocycles. The predicted molar refractivity (Wildman–Crippen MR) is 64.9 cm³/mol. The van der Waals surface area contributed by atoms with E-state index in [1.165, 1.54) is 19.5 Å². The Labute approximate surface area is 104 Å². The number of aromatic amines is 1. The normalized spacial score (nSPS) is 12.4. The van der Waals surface area contributed by atoms with Crippen molar-refractivity contribution in [3.05, 3.63) is 41.7 Å². The van der Waals surface area contributed by atoms with Gasteiger partial charge in [-0.15, -0.1) is 0 Å². The Kier molecular flexibility index (Phi) is 3.88. The summed E-state index contributed by atoms with van der Waals surface area (Å²) in [5, 5.41) is 9.71. The van der Waals surface area contributed by atoms with E-state index in [9.17, 15) is 4.39 Å². The molecule has 0 fully saturated rings. The van der Waals surface area contributed by atoms with Crippen LogP contribution >= 0.6 is 0 Å². The van der Waals surface area contributed by atoms with E-state index < -0.39 is 0 Å². The lowest BCUT2D eigenvalue weighted by molar-refractivity contribution is 0.409. The van der Waals surface area contributed by atoms with Crippen LogP contribution in [0.2, 0.25) is 0 Å². The van der Waals surface area contributed by atoms with Crippen molar-refractivity contribution in [3.63, 3.8) is 0 Å². The molecule has 2 aromatic rings. The summed E-state index contributed by atoms with van der Waals surface area (Å²) >= 11 is 0. The van der Waals surface area contributed by atoms with Gasteiger partial charge in [-0.05, 0) is 12.6 Å². The minimum atomic E-state index is -0.344. The lowest BCUT2D eigenvalue weighted by Gasteiger charge is -2.16. The molecule has 0 amide bonds. The van der Waals surface area contributed by atoms with Gasteiger partial charge in [-0.3, -0.25) is 5.10 Å². The fourth-order valence-electron chi connectivity index (χ4n) is 1.78. The van der Waals surface area contributed by atoms with Crippen molar-refractivity contribution < 1.29 is 9.13 Å². The summed E-state index contributed by atoms with van der Waals surface area (Å²) in [6.45, 7) is 2.64. The Bertz CT molecular complexity index is 501. The molecule has 1 atom stereocenters. The molecule has 18 heavy (non-hydrogen) atoms. The van der Waals surface area contributed by atoms with Crippen LogP contribution in [0, 0.1) is 5.82 Å². The molecule has 0 spiro atoms. The maximum Gasteiger partial charge on any atom is 0.146 e. The Morgan fingerprint density at radius 1 is 1.50 bits per heavy atom. The van der Waals surface area contributed by atoms with Gasteiger partial charge in [-0.25, -0.2) is 9.37 Å². The lowest BCUT2D eigenvalue weighted by atomic mass is 10.1. The average Bonchev–Trinajstić information content (AvgIpc) is 2.90. The average molecular weight is 250 g/mol. The lowest BCUT2D eigenvalue weighted by Crippen LogP contribution is -2.24. The second kappa shape index (κ2) is 5.59. The number of nitrogens with one attached hydrogen (secondary N) is 2. The molecule has 0 saturated carbocycles. The Hall–Kier alpha value is -1.95. The van der Waals surface area contributed by atoms with Crippen molar-refractivity contribution in [1.29, 1.82) is 0 Å². The molecule has 5 nitrogen and oxygen atoms in total. The van der Waals surface area contributed by atoms with Crippen molar-refractivity contribution in [2.45, 2.75) is 13.0 Å². The van der Waals surface area contributed by atoms with E-state index in [-0.39, 0.29) is 11.9 Å². The van der Waals surface area contributed by atoms with Crippen molar-refractivity contribution in [3.8, 4) is 5.75 Å². The van der Waals surface area contributed by atoms with Crippen molar-refractivity contribution in [1.82, 2.24) is 20.5 Å². The molecule has 0 bridgehead atoms. The first-order valence-electron chi connectivity index (χ1n) is 5.68. The fourth-order valence-corrected chi connectivity index (χ4v) is 1.78. The summed E-state index contributed by atoms with van der Waals surface area (Å²) in [4.78, 5) is 4.07. The number of methoxy groups -OCH3 is 1. The summed E-state index contributed by atoms with van der Waals surface area (Å²) in [6, 6.07) is 4.42. The van der Waals surface area contributed by atoms with Crippen LogP contribution in [0.3, 0.4) is 0 Å². The molecule has 1 aromatic carbocycles. The standard InChI is InChI=1S/C12H15FN4O/c1-3-14-11(12-15-7-16-17-12)9-5-4-8(18-2)6-10(9)13/h4-7,11,14H,3H2,1-2H3,(H,15,16,17). The number of rotatable bonds is 5. The number of hydrogen-bond acceptors (Lipinski definition) is 4. The number of hydrogen-bond donors (Lipinski definition) is 2. The number of halogens is 1. The summed E-state index contributed by atoms with van der Waals surface area (Å²) < 4.78 is 19.0. The molecular weight excluding hydrogens is 235 g/mol. The highest BCUT2D eigenvalue weighted by Gasteiger charge is 2.19. The maximum atomic E-state index is 14.0. The first-order chi connectivity index (χ1) is 8.76. The van der Waals surface area contributed by atoms with Crippen LogP contribution in [0.15, 0.2) is 24.5 Å². The SMILES string of the molecule is CCNC(c1ncn[nH]1)c1ccc(OC)cc1F. The monoisotopic (exact) mass is 250 g/mol. The predicted octanol–water partition coefficient (Wildman–Crippen LogP) is 1.65. The third kappa shape index (κ3) is 2.48. The topological polar surface area (TPSA) is 62.8 Å². The van der Waals surface area contributed by atoms with Crippen molar-refractivity contribution >= 4 is 0 Å². The molecule has 2 rings (SSSR count). The zero-order valence-corrected chi connectivity index (χ0v) is 10.3. The fraction of sp³-hybridized carbons (Fsp3) is 0.333. The summed E-state index contributed by atoms with van der Waals surface area (Å²) in [5.41, 5.74) is 0.509. The van der Waals surface area contributed by atoms with Gasteiger partial charge in [-0.1, -0.05) is 13.0 Å². The summed E-state index contributed by atoms with van der Waals surface area (Å²) in [7, 11) is 1.51. The molecule has 1 unspecified atom stereocenters. The Balaban J connectivity index is 2.37. The van der Waals surface area contributed by atoms with Gasteiger partial charge in [-0.2, -0.15) is 5.10 Å². The van der Waals surface area contributed by atoms with Crippen molar-refractivity contribution in [2.75, 3.05) is 13.7 Å². The molecular formula is C12H15FN4O. The van der Waals surface area contributed by atoms with E-state index in [0.29, 0.717) is 23.7 Å². The molecule has 0 aliphatic rings. The van der Waals surface area contributed by atoms with Crippen LogP contribution in [0.4, 0.5) is 4.39 Å². The van der Waals surface area contributed by atoms with Gasteiger partial charge in [0.05, 0.1) is 13.2 Å². The van der Waals surface area contributed by atoms with E-state index in [4.69, 9.17) is 4.74 Å². The van der Waals surface area contributed by atoms with Gasteiger partial charge in [0.25, 0.3) is 0 Å². The van der Waals surface area contributed by atoms with Gasteiger partial charge in [0, 0.05) is 11.6 Å². The van der Waals surface area contributed by atoms with Gasteiger partial charge in [0.2, 0.25) is 0 Å². The van der Waals surface area contributed by atoms with E-state index in [1.54, 1.807) is 12.1 Å². The molecule has 1 heterocycles. The van der Waals surface area contributed by atoms with E-state index in [2.05, 4.69) is 20.5 Å². The van der Waals surface area contributed by atoms with Crippen LogP contribution in [0.1, 0.15) is 24.4 Å². The molecule has 0 aliphatic heterocycles. The second-order valence-corrected chi connectivity index (χ2v) is 3.75. The molecule has 6 heteroatoms. The third-order valence-electron chi connectivity index (χ3n) is 2.63. The number of H-pyrrole nitrogens is 1. The zero-order valence-electron chi connectivity index (χ0n) is 10.3. The summed E-state index contributed by atoms with van der Waals surface area (Å²) in [6.07, 6.45) is 1.40. The Morgan fingerprint density at radius 3 is 2.89 bits per heavy atom. The maximum absolute atomic E-state index is 14.0. The van der Waals surface area contributed by atoms with Gasteiger partial charge >= 0.3 is 0 Å². The van der Waals surface area contributed by atoms with Crippen LogP contribution in [0.5, 0.6) is 5.75 Å². The second-order valence-electron chi connectivity index (χ2n) is 3.75. The first-order valence-corrected chi connectivity index (χ1v) is 5.68. The van der Waals surface area contributed by atoms with E-state index in [1.807, 2.05) is 6.92 Å². The quantitative estimate of drug-likeness (QED) is 0.847. The van der Waals surface area contributed by atoms with Gasteiger partial charge < -0.3 is 10.1 Å². The largest absolute Gasteiger partial charge is 0.497 e. The number of aromatic nitrogens is 3. The van der Waals surface area contributed by atoms with Crippen LogP contribution < -0.4 is 10.1 Å². The molecule has 2 N–H and O–H groups in total. The van der Waals surface area contributed by atoms with Gasteiger partial charge in [0.15, 0.2) is 0 Å². The van der Waals surface area contributed by atoms with E-state index in [0.717, 1.165) is 0 Å². The van der Waals surface area contributed by atoms with Crippen LogP contribution in [-0.2, 0) is 0 Å². The summed E-state index contributed by atoms with van der Waals surface area (Å²) in [5.74, 6) is 0.738. The van der Waals surface area contributed by atoms with Crippen LogP contribution in [0.25, 0.3) is 0 Å². The highest BCUT2D eigenvalue weighted by atomic mass is 19.1. The minimum Gasteiger partial charge on any atom is -0.497 e. The van der Waals surface area contributed by atoms with Gasteiger partial charge in [0.1, 0.15) is 23.7 Å². The third-order valence-corrected chi connectivity index (χ3v) is 2.63. The highest BCUT2D eigenvalue weighted by molar-refractivity contribution is 5.33. The smallest absolute Gasteiger partial charge is 0.146 e.